The molecule has 1 saturated carbocycles. The number of aliphatic hydroxyl groups excluding tert-OH is 1. The largest absolute Gasteiger partial charge is 0.458 e. The van der Waals surface area contributed by atoms with Crippen LogP contribution in [-0.4, -0.2) is 35.9 Å². The highest BCUT2D eigenvalue weighted by atomic mass is 16.6. The van der Waals surface area contributed by atoms with Gasteiger partial charge in [0.05, 0.1) is 6.10 Å². The van der Waals surface area contributed by atoms with Gasteiger partial charge in [-0.05, 0) is 44.3 Å². The van der Waals surface area contributed by atoms with Crippen LogP contribution in [0.5, 0.6) is 0 Å². The van der Waals surface area contributed by atoms with Crippen molar-refractivity contribution in [3.63, 3.8) is 0 Å². The predicted molar refractivity (Wildman–Crippen MR) is 92.4 cm³/mol. The number of hydrogen-bond donors (Lipinski definition) is 1. The molecule has 2 fully saturated rings. The van der Waals surface area contributed by atoms with Crippen LogP contribution in [0, 0.1) is 11.8 Å². The van der Waals surface area contributed by atoms with Crippen molar-refractivity contribution in [1.82, 2.24) is 0 Å². The van der Waals surface area contributed by atoms with E-state index in [1.165, 1.54) is 0 Å². The van der Waals surface area contributed by atoms with E-state index < -0.39 is 6.10 Å². The average Bonchev–Trinajstić information content (AvgIpc) is 2.97. The summed E-state index contributed by atoms with van der Waals surface area (Å²) in [7, 11) is 0. The zero-order valence-electron chi connectivity index (χ0n) is 14.7. The Morgan fingerprint density at radius 3 is 2.84 bits per heavy atom. The molecule has 1 aliphatic heterocycles. The quantitative estimate of drug-likeness (QED) is 0.484. The third kappa shape index (κ3) is 2.97. The van der Waals surface area contributed by atoms with Gasteiger partial charge in [0, 0.05) is 23.0 Å². The molecule has 5 heteroatoms. The Morgan fingerprint density at radius 1 is 1.44 bits per heavy atom. The van der Waals surface area contributed by atoms with Gasteiger partial charge in [-0.3, -0.25) is 0 Å². The predicted octanol–water partition coefficient (Wildman–Crippen LogP) is 2.62. The monoisotopic (exact) mass is 344 g/mol. The van der Waals surface area contributed by atoms with Gasteiger partial charge in [-0.2, -0.15) is 0 Å². The number of rotatable bonds is 3. The minimum Gasteiger partial charge on any atom is -0.458 e. The van der Waals surface area contributed by atoms with Gasteiger partial charge in [-0.25, -0.2) is 9.59 Å². The molecule has 1 heterocycles. The third-order valence-electron chi connectivity index (χ3n) is 5.64. The molecule has 3 aliphatic rings. The average molecular weight is 344 g/mol. The fourth-order valence-corrected chi connectivity index (χ4v) is 3.98. The molecule has 0 aromatic heterocycles. The lowest BCUT2D eigenvalue weighted by molar-refractivity contribution is -0.140. The molecule has 134 valence electrons. The molecule has 3 rings (SSSR count). The normalized spacial score (nSPS) is 32.3. The zero-order valence-corrected chi connectivity index (χ0v) is 14.7. The summed E-state index contributed by atoms with van der Waals surface area (Å²) in [6.07, 6.45) is 2.55. The van der Waals surface area contributed by atoms with E-state index in [0.29, 0.717) is 36.0 Å². The summed E-state index contributed by atoms with van der Waals surface area (Å²) in [4.78, 5) is 23.9. The van der Waals surface area contributed by atoms with Crippen LogP contribution < -0.4 is 0 Å². The molecule has 0 unspecified atom stereocenters. The Labute approximate surface area is 147 Å². The lowest BCUT2D eigenvalue weighted by Gasteiger charge is -2.23. The first-order valence-electron chi connectivity index (χ1n) is 8.62. The van der Waals surface area contributed by atoms with Gasteiger partial charge in [-0.15, -0.1) is 0 Å². The summed E-state index contributed by atoms with van der Waals surface area (Å²) >= 11 is 0. The van der Waals surface area contributed by atoms with Gasteiger partial charge < -0.3 is 14.6 Å². The lowest BCUT2D eigenvalue weighted by atomic mass is 9.84. The van der Waals surface area contributed by atoms with Crippen LogP contribution in [0.2, 0.25) is 0 Å². The first-order chi connectivity index (χ1) is 11.8. The van der Waals surface area contributed by atoms with Crippen molar-refractivity contribution in [3.8, 4) is 0 Å². The SMILES string of the molecule is C=C1[C@H]2C(=C(COC(=O)/C(C)=C\C)CC[C@H]3C(=C)C(=O)O[C@H]23)C[C@@H]1O. The smallest absolute Gasteiger partial charge is 0.334 e. The number of aliphatic hydroxyl groups is 1. The fourth-order valence-electron chi connectivity index (χ4n) is 3.98. The summed E-state index contributed by atoms with van der Waals surface area (Å²) < 4.78 is 11.0. The molecule has 0 aromatic carbocycles. The molecule has 0 amide bonds. The highest BCUT2D eigenvalue weighted by Gasteiger charge is 2.50. The molecule has 0 radical (unpaired) electrons. The minimum absolute atomic E-state index is 0.0833. The number of esters is 2. The van der Waals surface area contributed by atoms with Crippen molar-refractivity contribution in [1.29, 1.82) is 0 Å². The first-order valence-corrected chi connectivity index (χ1v) is 8.62. The third-order valence-corrected chi connectivity index (χ3v) is 5.64. The van der Waals surface area contributed by atoms with E-state index >= 15 is 0 Å². The number of allylic oxidation sites excluding steroid dienone is 1. The van der Waals surface area contributed by atoms with Gasteiger partial charge in [0.15, 0.2) is 0 Å². The van der Waals surface area contributed by atoms with Crippen LogP contribution in [0.1, 0.15) is 33.1 Å². The number of carbonyl (C=O) groups excluding carboxylic acids is 2. The van der Waals surface area contributed by atoms with E-state index in [9.17, 15) is 14.7 Å². The topological polar surface area (TPSA) is 72.8 Å². The maximum atomic E-state index is 12.0. The van der Waals surface area contributed by atoms with E-state index in [-0.39, 0.29) is 36.5 Å². The van der Waals surface area contributed by atoms with E-state index in [1.54, 1.807) is 19.9 Å². The van der Waals surface area contributed by atoms with Crippen molar-refractivity contribution in [2.24, 2.45) is 11.8 Å². The van der Waals surface area contributed by atoms with Crippen LogP contribution in [0.4, 0.5) is 0 Å². The van der Waals surface area contributed by atoms with Crippen LogP contribution in [0.3, 0.4) is 0 Å². The van der Waals surface area contributed by atoms with Crippen molar-refractivity contribution in [2.45, 2.75) is 45.3 Å². The van der Waals surface area contributed by atoms with Crippen molar-refractivity contribution < 1.29 is 24.2 Å². The summed E-state index contributed by atoms with van der Waals surface area (Å²) in [6.45, 7) is 11.6. The Hall–Kier alpha value is -2.14. The van der Waals surface area contributed by atoms with Gasteiger partial charge >= 0.3 is 11.9 Å². The van der Waals surface area contributed by atoms with Crippen LogP contribution in [0.15, 0.2) is 47.1 Å². The second-order valence-electron chi connectivity index (χ2n) is 6.99. The molecule has 1 saturated heterocycles. The van der Waals surface area contributed by atoms with Crippen LogP contribution in [0.25, 0.3) is 0 Å². The molecule has 2 aliphatic carbocycles. The van der Waals surface area contributed by atoms with Gasteiger partial charge in [0.1, 0.15) is 12.7 Å². The maximum Gasteiger partial charge on any atom is 0.334 e. The molecule has 0 bridgehead atoms. The van der Waals surface area contributed by atoms with Crippen LogP contribution >= 0.6 is 0 Å². The standard InChI is InChI=1S/C20H24O5/c1-5-10(2)19(22)24-9-13-6-7-14-11(3)20(23)25-18(14)17-12(4)16(21)8-15(13)17/h5,14,16-18,21H,3-4,6-9H2,1-2H3/b10-5-/t14-,16-,17-,18-/m0/s1. The molecule has 0 spiro atoms. The minimum atomic E-state index is -0.658. The van der Waals surface area contributed by atoms with Crippen molar-refractivity contribution in [3.05, 3.63) is 47.1 Å². The second-order valence-corrected chi connectivity index (χ2v) is 6.99. The van der Waals surface area contributed by atoms with E-state index in [1.807, 2.05) is 0 Å². The molecule has 0 aromatic rings. The highest BCUT2D eigenvalue weighted by molar-refractivity contribution is 5.91. The van der Waals surface area contributed by atoms with E-state index in [2.05, 4.69) is 13.2 Å². The Balaban J connectivity index is 1.89. The summed E-state index contributed by atoms with van der Waals surface area (Å²) in [6, 6.07) is 0. The van der Waals surface area contributed by atoms with Gasteiger partial charge in [0.2, 0.25) is 0 Å². The maximum absolute atomic E-state index is 12.0. The summed E-state index contributed by atoms with van der Waals surface area (Å²) in [5.41, 5.74) is 3.71. The molecule has 5 nitrogen and oxygen atoms in total. The lowest BCUT2D eigenvalue weighted by Crippen LogP contribution is -2.27. The molecule has 4 atom stereocenters. The van der Waals surface area contributed by atoms with E-state index in [4.69, 9.17) is 9.47 Å². The second kappa shape index (κ2) is 6.64. The molecular weight excluding hydrogens is 320 g/mol. The number of hydrogen-bond acceptors (Lipinski definition) is 5. The highest BCUT2D eigenvalue weighted by Crippen LogP contribution is 2.50. The van der Waals surface area contributed by atoms with Crippen LogP contribution in [-0.2, 0) is 19.1 Å². The zero-order chi connectivity index (χ0) is 18.3. The van der Waals surface area contributed by atoms with E-state index in [0.717, 1.165) is 11.1 Å². The van der Waals surface area contributed by atoms with Gasteiger partial charge in [0.25, 0.3) is 0 Å². The Kier molecular flexibility index (Phi) is 4.69. The summed E-state index contributed by atoms with van der Waals surface area (Å²) in [5.74, 6) is -1.01. The molecular formula is C20H24O5. The van der Waals surface area contributed by atoms with Crippen molar-refractivity contribution >= 4 is 11.9 Å². The number of fused-ring (bicyclic) bond motifs is 3. The Morgan fingerprint density at radius 2 is 2.16 bits per heavy atom. The molecule has 1 N–H and O–H groups in total. The fraction of sp³-hybridized carbons (Fsp3) is 0.500. The van der Waals surface area contributed by atoms with Gasteiger partial charge in [-0.1, -0.05) is 24.8 Å². The molecule has 25 heavy (non-hydrogen) atoms. The number of ether oxygens (including phenoxy) is 2. The number of carbonyl (C=O) groups is 2. The summed E-state index contributed by atoms with van der Waals surface area (Å²) in [5, 5.41) is 10.3. The Bertz CT molecular complexity index is 712. The van der Waals surface area contributed by atoms with Crippen molar-refractivity contribution in [2.75, 3.05) is 6.61 Å². The first kappa shape index (κ1) is 17.7.